The van der Waals surface area contributed by atoms with Gasteiger partial charge in [0, 0.05) is 36.7 Å². The van der Waals surface area contributed by atoms with Crippen molar-refractivity contribution < 1.29 is 13.9 Å². The van der Waals surface area contributed by atoms with Crippen LogP contribution < -0.4 is 15.0 Å². The molecule has 25 heavy (non-hydrogen) atoms. The molecule has 0 spiro atoms. The summed E-state index contributed by atoms with van der Waals surface area (Å²) in [5.41, 5.74) is 1.21. The molecular weight excluding hydrogens is 316 g/mol. The van der Waals surface area contributed by atoms with Gasteiger partial charge in [0.2, 0.25) is 5.91 Å². The van der Waals surface area contributed by atoms with Gasteiger partial charge in [-0.25, -0.2) is 0 Å². The molecule has 5 nitrogen and oxygen atoms in total. The average molecular weight is 340 g/mol. The van der Waals surface area contributed by atoms with Crippen molar-refractivity contribution in [3.8, 4) is 5.75 Å². The van der Waals surface area contributed by atoms with E-state index in [1.807, 2.05) is 24.3 Å². The van der Waals surface area contributed by atoms with Gasteiger partial charge in [0.15, 0.2) is 0 Å². The van der Waals surface area contributed by atoms with Crippen LogP contribution in [0.3, 0.4) is 0 Å². The molecule has 1 saturated carbocycles. The van der Waals surface area contributed by atoms with Crippen LogP contribution in [-0.2, 0) is 4.79 Å². The van der Waals surface area contributed by atoms with Gasteiger partial charge in [-0.05, 0) is 55.7 Å². The number of hydrogen-bond donors (Lipinski definition) is 1. The van der Waals surface area contributed by atoms with Gasteiger partial charge in [-0.1, -0.05) is 0 Å². The fourth-order valence-corrected chi connectivity index (χ4v) is 3.68. The minimum absolute atomic E-state index is 0.0887. The molecule has 1 amide bonds. The van der Waals surface area contributed by atoms with Crippen LogP contribution in [0.2, 0.25) is 0 Å². The number of nitrogens with one attached hydrogen (secondary N) is 1. The minimum atomic E-state index is 0.0887. The van der Waals surface area contributed by atoms with E-state index in [1.165, 1.54) is 5.69 Å². The first kappa shape index (κ1) is 16.1. The zero-order valence-corrected chi connectivity index (χ0v) is 14.5. The van der Waals surface area contributed by atoms with Gasteiger partial charge in [-0.2, -0.15) is 0 Å². The summed E-state index contributed by atoms with van der Waals surface area (Å²) < 4.78 is 10.6. The van der Waals surface area contributed by atoms with Crippen molar-refractivity contribution in [3.63, 3.8) is 0 Å². The van der Waals surface area contributed by atoms with Gasteiger partial charge in [-0.15, -0.1) is 0 Å². The largest absolute Gasteiger partial charge is 0.497 e. The van der Waals surface area contributed by atoms with E-state index in [9.17, 15) is 4.79 Å². The van der Waals surface area contributed by atoms with Crippen molar-refractivity contribution in [1.29, 1.82) is 0 Å². The van der Waals surface area contributed by atoms with E-state index in [4.69, 9.17) is 9.15 Å². The van der Waals surface area contributed by atoms with Crippen LogP contribution in [0.15, 0.2) is 47.1 Å². The summed E-state index contributed by atoms with van der Waals surface area (Å²) in [4.78, 5) is 14.8. The Bertz CT molecular complexity index is 703. The Balaban J connectivity index is 1.25. The number of carbonyl (C=O) groups is 1. The van der Waals surface area contributed by atoms with E-state index in [-0.39, 0.29) is 23.8 Å². The predicted octanol–water partition coefficient (Wildman–Crippen LogP) is 3.18. The highest BCUT2D eigenvalue weighted by Crippen LogP contribution is 2.47. The predicted molar refractivity (Wildman–Crippen MR) is 95.9 cm³/mol. The Morgan fingerprint density at radius 1 is 1.20 bits per heavy atom. The lowest BCUT2D eigenvalue weighted by Crippen LogP contribution is -2.45. The maximum absolute atomic E-state index is 12.4. The molecule has 2 atom stereocenters. The zero-order chi connectivity index (χ0) is 17.2. The molecule has 4 rings (SSSR count). The number of methoxy groups -OCH3 is 1. The number of hydrogen-bond acceptors (Lipinski definition) is 4. The van der Waals surface area contributed by atoms with Crippen LogP contribution in [0, 0.1) is 5.92 Å². The molecule has 0 radical (unpaired) electrons. The van der Waals surface area contributed by atoms with E-state index < -0.39 is 0 Å². The first-order chi connectivity index (χ1) is 12.2. The van der Waals surface area contributed by atoms with Gasteiger partial charge in [0.1, 0.15) is 11.5 Å². The average Bonchev–Trinajstić information content (AvgIpc) is 3.28. The summed E-state index contributed by atoms with van der Waals surface area (Å²) in [5.74, 6) is 2.36. The minimum Gasteiger partial charge on any atom is -0.497 e. The van der Waals surface area contributed by atoms with Crippen molar-refractivity contribution in [3.05, 3.63) is 48.4 Å². The van der Waals surface area contributed by atoms with Gasteiger partial charge in [0.25, 0.3) is 0 Å². The molecule has 2 heterocycles. The number of nitrogens with zero attached hydrogens (tertiary/aromatic N) is 1. The second-order valence-electron chi connectivity index (χ2n) is 6.93. The number of piperidine rings is 1. The second kappa shape index (κ2) is 6.82. The van der Waals surface area contributed by atoms with E-state index in [0.29, 0.717) is 0 Å². The molecule has 2 aromatic rings. The number of furan rings is 1. The molecule has 1 aliphatic heterocycles. The molecular formula is C20H24N2O3. The fourth-order valence-electron chi connectivity index (χ4n) is 3.68. The summed E-state index contributed by atoms with van der Waals surface area (Å²) in [6, 6.07) is 12.3. The lowest BCUT2D eigenvalue weighted by Gasteiger charge is -2.34. The van der Waals surface area contributed by atoms with Crippen molar-refractivity contribution in [1.82, 2.24) is 5.32 Å². The quantitative estimate of drug-likeness (QED) is 0.908. The van der Waals surface area contributed by atoms with Crippen LogP contribution in [0.25, 0.3) is 0 Å². The van der Waals surface area contributed by atoms with E-state index >= 15 is 0 Å². The van der Waals surface area contributed by atoms with Crippen molar-refractivity contribution in [2.45, 2.75) is 31.2 Å². The summed E-state index contributed by atoms with van der Waals surface area (Å²) in [5, 5.41) is 3.24. The molecule has 2 fully saturated rings. The first-order valence-corrected chi connectivity index (χ1v) is 8.97. The van der Waals surface area contributed by atoms with Crippen molar-refractivity contribution in [2.75, 3.05) is 25.1 Å². The Kier molecular flexibility index (Phi) is 4.38. The van der Waals surface area contributed by atoms with Gasteiger partial charge < -0.3 is 19.4 Å². The second-order valence-corrected chi connectivity index (χ2v) is 6.93. The van der Waals surface area contributed by atoms with Gasteiger partial charge in [-0.3, -0.25) is 4.79 Å². The van der Waals surface area contributed by atoms with Crippen LogP contribution >= 0.6 is 0 Å². The normalized spacial score (nSPS) is 23.3. The zero-order valence-electron chi connectivity index (χ0n) is 14.5. The summed E-state index contributed by atoms with van der Waals surface area (Å²) in [6.45, 7) is 1.92. The lowest BCUT2D eigenvalue weighted by molar-refractivity contribution is -0.123. The summed E-state index contributed by atoms with van der Waals surface area (Å²) in [7, 11) is 1.68. The monoisotopic (exact) mass is 340 g/mol. The molecule has 0 bridgehead atoms. The van der Waals surface area contributed by atoms with E-state index in [1.54, 1.807) is 13.4 Å². The van der Waals surface area contributed by atoms with Crippen molar-refractivity contribution >= 4 is 11.6 Å². The summed E-state index contributed by atoms with van der Waals surface area (Å²) >= 11 is 0. The topological polar surface area (TPSA) is 54.7 Å². The highest BCUT2D eigenvalue weighted by molar-refractivity contribution is 5.83. The molecule has 2 aliphatic rings. The molecule has 5 heteroatoms. The molecule has 0 unspecified atom stereocenters. The van der Waals surface area contributed by atoms with Crippen molar-refractivity contribution in [2.24, 2.45) is 5.92 Å². The Hall–Kier alpha value is -2.43. The number of anilines is 1. The summed E-state index contributed by atoms with van der Waals surface area (Å²) in [6.07, 6.45) is 4.55. The number of benzene rings is 1. The lowest BCUT2D eigenvalue weighted by atomic mass is 10.0. The smallest absolute Gasteiger partial charge is 0.224 e. The first-order valence-electron chi connectivity index (χ1n) is 8.97. The third kappa shape index (κ3) is 3.50. The van der Waals surface area contributed by atoms with E-state index in [2.05, 4.69) is 22.3 Å². The molecule has 132 valence electrons. The maximum Gasteiger partial charge on any atom is 0.224 e. The fraction of sp³-hybridized carbons (Fsp3) is 0.450. The molecule has 1 N–H and O–H groups in total. The van der Waals surface area contributed by atoms with Crippen LogP contribution in [-0.4, -0.2) is 32.1 Å². The van der Waals surface area contributed by atoms with Crippen LogP contribution in [0.4, 0.5) is 5.69 Å². The third-order valence-electron chi connectivity index (χ3n) is 5.31. The van der Waals surface area contributed by atoms with Crippen LogP contribution in [0.1, 0.15) is 30.9 Å². The molecule has 1 aromatic carbocycles. The Morgan fingerprint density at radius 2 is 1.96 bits per heavy atom. The highest BCUT2D eigenvalue weighted by atomic mass is 16.5. The Labute approximate surface area is 148 Å². The number of amides is 1. The van der Waals surface area contributed by atoms with Gasteiger partial charge in [0.05, 0.1) is 13.4 Å². The SMILES string of the molecule is COc1ccc(N2CCC(NC(=O)[C@@H]3C[C@H]3c3ccco3)CC2)cc1. The Morgan fingerprint density at radius 3 is 2.60 bits per heavy atom. The van der Waals surface area contributed by atoms with E-state index in [0.717, 1.165) is 43.9 Å². The third-order valence-corrected chi connectivity index (χ3v) is 5.31. The number of ether oxygens (including phenoxy) is 1. The number of rotatable bonds is 5. The maximum atomic E-state index is 12.4. The molecule has 1 aliphatic carbocycles. The molecule has 1 aromatic heterocycles. The highest BCUT2D eigenvalue weighted by Gasteiger charge is 2.46. The number of carbonyl (C=O) groups excluding carboxylic acids is 1. The van der Waals surface area contributed by atoms with Crippen LogP contribution in [0.5, 0.6) is 5.75 Å². The standard InChI is InChI=1S/C20H24N2O3/c1-24-16-6-4-15(5-7-16)22-10-8-14(9-11-22)21-20(23)18-13-17(18)19-3-2-12-25-19/h2-7,12,14,17-18H,8-11,13H2,1H3,(H,21,23)/t17-,18-/m1/s1. The van der Waals surface area contributed by atoms with Gasteiger partial charge >= 0.3 is 0 Å². The molecule has 1 saturated heterocycles.